The van der Waals surface area contributed by atoms with Crippen molar-refractivity contribution in [2.24, 2.45) is 0 Å². The first-order valence-electron chi connectivity index (χ1n) is 6.34. The van der Waals surface area contributed by atoms with Gasteiger partial charge in [0.25, 0.3) is 0 Å². The summed E-state index contributed by atoms with van der Waals surface area (Å²) < 4.78 is 26.5. The second-order valence-corrected chi connectivity index (χ2v) is 4.84. The molecule has 0 saturated carbocycles. The summed E-state index contributed by atoms with van der Waals surface area (Å²) in [6.07, 6.45) is 0. The number of hydrogen-bond acceptors (Lipinski definition) is 1. The monoisotopic (exact) mass is 261 g/mol. The largest absolute Gasteiger partial charge is 0.381 e. The van der Waals surface area contributed by atoms with Gasteiger partial charge in [-0.2, -0.15) is 0 Å². The van der Waals surface area contributed by atoms with Crippen LogP contribution in [0.2, 0.25) is 0 Å². The average molecular weight is 261 g/mol. The van der Waals surface area contributed by atoms with Crippen LogP contribution in [0.5, 0.6) is 0 Å². The number of rotatable bonds is 4. The SMILES string of the molecule is CC(C)c1ccc(NCc2cccc(F)c2F)cc1. The normalized spacial score (nSPS) is 10.8. The summed E-state index contributed by atoms with van der Waals surface area (Å²) in [7, 11) is 0. The number of benzene rings is 2. The predicted octanol–water partition coefficient (Wildman–Crippen LogP) is 4.70. The van der Waals surface area contributed by atoms with Gasteiger partial charge in [-0.05, 0) is 29.7 Å². The van der Waals surface area contributed by atoms with Crippen LogP contribution >= 0.6 is 0 Å². The lowest BCUT2D eigenvalue weighted by Crippen LogP contribution is -2.03. The summed E-state index contributed by atoms with van der Waals surface area (Å²) in [5.41, 5.74) is 2.48. The molecule has 0 bridgehead atoms. The van der Waals surface area contributed by atoms with Crippen LogP contribution in [0.1, 0.15) is 30.9 Å². The van der Waals surface area contributed by atoms with Crippen LogP contribution < -0.4 is 5.32 Å². The minimum Gasteiger partial charge on any atom is -0.381 e. The van der Waals surface area contributed by atoms with Gasteiger partial charge in [-0.3, -0.25) is 0 Å². The highest BCUT2D eigenvalue weighted by Crippen LogP contribution is 2.18. The molecule has 0 aliphatic carbocycles. The van der Waals surface area contributed by atoms with Crippen LogP contribution in [-0.4, -0.2) is 0 Å². The molecular formula is C16H17F2N. The molecule has 0 spiro atoms. The fourth-order valence-corrected chi connectivity index (χ4v) is 1.87. The zero-order chi connectivity index (χ0) is 13.8. The van der Waals surface area contributed by atoms with E-state index in [4.69, 9.17) is 0 Å². The zero-order valence-electron chi connectivity index (χ0n) is 11.1. The molecule has 0 unspecified atom stereocenters. The maximum atomic E-state index is 13.5. The van der Waals surface area contributed by atoms with E-state index in [-0.39, 0.29) is 6.54 Å². The summed E-state index contributed by atoms with van der Waals surface area (Å²) in [4.78, 5) is 0. The summed E-state index contributed by atoms with van der Waals surface area (Å²) in [5.74, 6) is -1.11. The van der Waals surface area contributed by atoms with E-state index in [1.54, 1.807) is 6.07 Å². The highest BCUT2D eigenvalue weighted by Gasteiger charge is 2.07. The maximum Gasteiger partial charge on any atom is 0.163 e. The number of anilines is 1. The standard InChI is InChI=1S/C16H17F2N/c1-11(2)12-6-8-14(9-7-12)19-10-13-4-3-5-15(17)16(13)18/h3-9,11,19H,10H2,1-2H3. The van der Waals surface area contributed by atoms with Crippen LogP contribution in [0.25, 0.3) is 0 Å². The minimum atomic E-state index is -0.811. The first kappa shape index (κ1) is 13.5. The molecule has 0 radical (unpaired) electrons. The highest BCUT2D eigenvalue weighted by molar-refractivity contribution is 5.45. The van der Waals surface area contributed by atoms with E-state index in [1.807, 2.05) is 24.3 Å². The Kier molecular flexibility index (Phi) is 4.15. The summed E-state index contributed by atoms with van der Waals surface area (Å²) >= 11 is 0. The van der Waals surface area contributed by atoms with Gasteiger partial charge in [-0.25, -0.2) is 8.78 Å². The molecule has 0 aromatic heterocycles. The molecule has 0 amide bonds. The van der Waals surface area contributed by atoms with Crippen LogP contribution in [0.4, 0.5) is 14.5 Å². The molecule has 0 aliphatic rings. The predicted molar refractivity (Wildman–Crippen MR) is 74.2 cm³/mol. The Bertz CT molecular complexity index is 547. The van der Waals surface area contributed by atoms with Crippen LogP contribution in [-0.2, 0) is 6.54 Å². The molecule has 0 fully saturated rings. The average Bonchev–Trinajstić information content (AvgIpc) is 2.41. The lowest BCUT2D eigenvalue weighted by Gasteiger charge is -2.10. The van der Waals surface area contributed by atoms with Gasteiger partial charge < -0.3 is 5.32 Å². The van der Waals surface area contributed by atoms with E-state index in [0.717, 1.165) is 11.8 Å². The van der Waals surface area contributed by atoms with Gasteiger partial charge in [0.05, 0.1) is 0 Å². The molecule has 2 rings (SSSR count). The Morgan fingerprint density at radius 1 is 1.00 bits per heavy atom. The number of nitrogens with one attached hydrogen (secondary N) is 1. The maximum absolute atomic E-state index is 13.5. The van der Waals surface area contributed by atoms with E-state index in [1.165, 1.54) is 11.6 Å². The van der Waals surface area contributed by atoms with Crippen molar-refractivity contribution in [1.29, 1.82) is 0 Å². The topological polar surface area (TPSA) is 12.0 Å². The third-order valence-corrected chi connectivity index (χ3v) is 3.09. The van der Waals surface area contributed by atoms with Crippen molar-refractivity contribution in [3.8, 4) is 0 Å². The highest BCUT2D eigenvalue weighted by atomic mass is 19.2. The zero-order valence-corrected chi connectivity index (χ0v) is 11.1. The Morgan fingerprint density at radius 2 is 1.68 bits per heavy atom. The molecular weight excluding hydrogens is 244 g/mol. The van der Waals surface area contributed by atoms with E-state index in [9.17, 15) is 8.78 Å². The molecule has 19 heavy (non-hydrogen) atoms. The Hall–Kier alpha value is -1.90. The number of halogens is 2. The molecule has 0 saturated heterocycles. The molecule has 2 aromatic rings. The first-order valence-corrected chi connectivity index (χ1v) is 6.34. The van der Waals surface area contributed by atoms with Gasteiger partial charge in [-0.1, -0.05) is 38.1 Å². The van der Waals surface area contributed by atoms with Gasteiger partial charge in [0.2, 0.25) is 0 Å². The van der Waals surface area contributed by atoms with Gasteiger partial charge >= 0.3 is 0 Å². The lowest BCUT2D eigenvalue weighted by atomic mass is 10.0. The van der Waals surface area contributed by atoms with Gasteiger partial charge in [0.15, 0.2) is 11.6 Å². The molecule has 100 valence electrons. The van der Waals surface area contributed by atoms with Crippen LogP contribution in [0.15, 0.2) is 42.5 Å². The summed E-state index contributed by atoms with van der Waals surface area (Å²) in [5, 5.41) is 3.09. The summed E-state index contributed by atoms with van der Waals surface area (Å²) in [6.45, 7) is 4.53. The molecule has 0 heterocycles. The van der Waals surface area contributed by atoms with E-state index < -0.39 is 11.6 Å². The lowest BCUT2D eigenvalue weighted by molar-refractivity contribution is 0.500. The van der Waals surface area contributed by atoms with E-state index >= 15 is 0 Å². The van der Waals surface area contributed by atoms with Crippen molar-refractivity contribution in [2.45, 2.75) is 26.3 Å². The Morgan fingerprint density at radius 3 is 2.32 bits per heavy atom. The van der Waals surface area contributed by atoms with Crippen molar-refractivity contribution in [2.75, 3.05) is 5.32 Å². The van der Waals surface area contributed by atoms with Gasteiger partial charge in [-0.15, -0.1) is 0 Å². The van der Waals surface area contributed by atoms with E-state index in [2.05, 4.69) is 19.2 Å². The molecule has 0 aliphatic heterocycles. The van der Waals surface area contributed by atoms with Gasteiger partial charge in [0, 0.05) is 17.8 Å². The second-order valence-electron chi connectivity index (χ2n) is 4.84. The third kappa shape index (κ3) is 3.31. The Balaban J connectivity index is 2.04. The first-order chi connectivity index (χ1) is 9.08. The van der Waals surface area contributed by atoms with E-state index in [0.29, 0.717) is 11.5 Å². The Labute approximate surface area is 112 Å². The molecule has 1 N–H and O–H groups in total. The molecule has 1 nitrogen and oxygen atoms in total. The van der Waals surface area contributed by atoms with Gasteiger partial charge in [0.1, 0.15) is 0 Å². The molecule has 2 aromatic carbocycles. The summed E-state index contributed by atoms with van der Waals surface area (Å²) in [6, 6.07) is 12.2. The molecule has 3 heteroatoms. The van der Waals surface area contributed by atoms with Crippen molar-refractivity contribution in [3.63, 3.8) is 0 Å². The van der Waals surface area contributed by atoms with Crippen molar-refractivity contribution < 1.29 is 8.78 Å². The molecule has 0 atom stereocenters. The second kappa shape index (κ2) is 5.83. The smallest absolute Gasteiger partial charge is 0.163 e. The fourth-order valence-electron chi connectivity index (χ4n) is 1.87. The van der Waals surface area contributed by atoms with Crippen molar-refractivity contribution in [1.82, 2.24) is 0 Å². The number of hydrogen-bond donors (Lipinski definition) is 1. The van der Waals surface area contributed by atoms with Crippen molar-refractivity contribution >= 4 is 5.69 Å². The fraction of sp³-hybridized carbons (Fsp3) is 0.250. The third-order valence-electron chi connectivity index (χ3n) is 3.09. The van der Waals surface area contributed by atoms with Crippen LogP contribution in [0, 0.1) is 11.6 Å². The van der Waals surface area contributed by atoms with Crippen molar-refractivity contribution in [3.05, 3.63) is 65.2 Å². The quantitative estimate of drug-likeness (QED) is 0.841. The minimum absolute atomic E-state index is 0.268. The van der Waals surface area contributed by atoms with Crippen LogP contribution in [0.3, 0.4) is 0 Å².